The zero-order valence-corrected chi connectivity index (χ0v) is 13.6. The first kappa shape index (κ1) is 18.5. The van der Waals surface area contributed by atoms with Crippen LogP contribution in [0.3, 0.4) is 0 Å². The molecule has 0 spiro atoms. The van der Waals surface area contributed by atoms with Crippen molar-refractivity contribution in [2.75, 3.05) is 19.8 Å². The molecule has 0 aromatic heterocycles. The lowest BCUT2D eigenvalue weighted by atomic mass is 10.2. The average Bonchev–Trinajstić information content (AvgIpc) is 2.46. The van der Waals surface area contributed by atoms with Crippen molar-refractivity contribution < 1.29 is 29.3 Å². The Morgan fingerprint density at radius 1 is 0.864 bits per heavy atom. The summed E-state index contributed by atoms with van der Waals surface area (Å²) in [7, 11) is 0. The van der Waals surface area contributed by atoms with Crippen LogP contribution in [0, 0.1) is 0 Å². The van der Waals surface area contributed by atoms with Crippen LogP contribution in [0.1, 0.15) is 34.1 Å². The Kier molecular flexibility index (Phi) is 6.89. The van der Waals surface area contributed by atoms with Gasteiger partial charge in [-0.3, -0.25) is 9.80 Å². The summed E-state index contributed by atoms with van der Waals surface area (Å²) in [4.78, 5) is 26.7. The number of aliphatic hydroxyl groups is 2. The van der Waals surface area contributed by atoms with Crippen LogP contribution < -0.4 is 0 Å². The minimum absolute atomic E-state index is 0.0662. The number of nitrogens with zero attached hydrogens (tertiary/aromatic N) is 2. The maximum atomic E-state index is 12.0. The van der Waals surface area contributed by atoms with Gasteiger partial charge in [0, 0.05) is 13.1 Å². The van der Waals surface area contributed by atoms with E-state index < -0.39 is 36.6 Å². The van der Waals surface area contributed by atoms with Crippen LogP contribution in [-0.4, -0.2) is 76.4 Å². The van der Waals surface area contributed by atoms with Crippen LogP contribution in [0.5, 0.6) is 0 Å². The Bertz CT molecular complexity index is 354. The van der Waals surface area contributed by atoms with Crippen LogP contribution >= 0.6 is 0 Å². The summed E-state index contributed by atoms with van der Waals surface area (Å²) in [5.41, 5.74) is 0. The highest BCUT2D eigenvalue weighted by Crippen LogP contribution is 2.12. The zero-order valence-electron chi connectivity index (χ0n) is 13.6. The number of hydrogen-bond acceptors (Lipinski definition) is 6. The van der Waals surface area contributed by atoms with Crippen molar-refractivity contribution in [3.05, 3.63) is 0 Å². The molecule has 0 saturated carbocycles. The molecule has 2 N–H and O–H groups in total. The van der Waals surface area contributed by atoms with Crippen molar-refractivity contribution in [2.24, 2.45) is 0 Å². The molecule has 0 aromatic carbocycles. The summed E-state index contributed by atoms with van der Waals surface area (Å²) >= 11 is 0. The minimum Gasteiger partial charge on any atom is -0.444 e. The van der Waals surface area contributed by atoms with Gasteiger partial charge in [0.15, 0.2) is 0 Å². The van der Waals surface area contributed by atoms with E-state index in [-0.39, 0.29) is 6.67 Å². The second-order valence-corrected chi connectivity index (χ2v) is 5.68. The second-order valence-electron chi connectivity index (χ2n) is 5.68. The Morgan fingerprint density at radius 3 is 1.55 bits per heavy atom. The third kappa shape index (κ3) is 5.34. The van der Waals surface area contributed by atoms with Gasteiger partial charge in [-0.2, -0.15) is 0 Å². The zero-order chi connectivity index (χ0) is 16.9. The highest BCUT2D eigenvalue weighted by atomic mass is 16.6. The Balaban J connectivity index is 2.53. The van der Waals surface area contributed by atoms with E-state index >= 15 is 0 Å². The maximum absolute atomic E-state index is 12.0. The van der Waals surface area contributed by atoms with Gasteiger partial charge in [-0.05, 0) is 34.1 Å². The van der Waals surface area contributed by atoms with Crippen LogP contribution in [0.4, 0.5) is 9.59 Å². The molecule has 4 unspecified atom stereocenters. The molecule has 8 heteroatoms. The molecule has 1 fully saturated rings. The molecular formula is C14H26N2O6. The van der Waals surface area contributed by atoms with E-state index in [0.717, 1.165) is 0 Å². The summed E-state index contributed by atoms with van der Waals surface area (Å²) in [5, 5.41) is 18.7. The molecule has 1 aliphatic heterocycles. The van der Waals surface area contributed by atoms with E-state index in [0.29, 0.717) is 19.5 Å². The molecule has 1 rings (SSSR count). The molecule has 0 bridgehead atoms. The topological polar surface area (TPSA) is 99.5 Å². The molecule has 1 saturated heterocycles. The second kappa shape index (κ2) is 8.19. The molecule has 1 heterocycles. The van der Waals surface area contributed by atoms with Gasteiger partial charge in [-0.1, -0.05) is 0 Å². The summed E-state index contributed by atoms with van der Waals surface area (Å²) < 4.78 is 10.2. The lowest BCUT2D eigenvalue weighted by molar-refractivity contribution is -0.0218. The van der Waals surface area contributed by atoms with Crippen molar-refractivity contribution >= 4 is 12.2 Å². The average molecular weight is 318 g/mol. The predicted molar refractivity (Wildman–Crippen MR) is 78.1 cm³/mol. The molecule has 8 nitrogen and oxygen atoms in total. The fourth-order valence-corrected chi connectivity index (χ4v) is 1.76. The molecule has 128 valence electrons. The van der Waals surface area contributed by atoms with E-state index in [1.807, 2.05) is 0 Å². The lowest BCUT2D eigenvalue weighted by Gasteiger charge is -2.35. The predicted octanol–water partition coefficient (Wildman–Crippen LogP) is 0.763. The quantitative estimate of drug-likeness (QED) is 0.794. The molecule has 2 amide bonds. The largest absolute Gasteiger partial charge is 0.444 e. The summed E-state index contributed by atoms with van der Waals surface area (Å²) in [6.07, 6.45) is -3.31. The molecule has 22 heavy (non-hydrogen) atoms. The number of ether oxygens (including phenoxy) is 2. The van der Waals surface area contributed by atoms with Gasteiger partial charge < -0.3 is 19.7 Å². The van der Waals surface area contributed by atoms with E-state index in [1.165, 1.54) is 23.6 Å². The summed E-state index contributed by atoms with van der Waals surface area (Å²) in [6, 6.07) is 0. The van der Waals surface area contributed by atoms with Crippen molar-refractivity contribution in [2.45, 2.75) is 58.5 Å². The third-order valence-electron chi connectivity index (χ3n) is 3.65. The van der Waals surface area contributed by atoms with E-state index in [9.17, 15) is 19.8 Å². The standard InChI is InChI=1S/C14H26N2O6/c1-9(17)11(3)21-13(19)15-6-5-7-16(8-15)14(20)22-12(4)10(2)18/h9-12,17-18H,5-8H2,1-4H3. The van der Waals surface area contributed by atoms with Crippen molar-refractivity contribution in [1.29, 1.82) is 0 Å². The first-order valence-corrected chi connectivity index (χ1v) is 7.49. The summed E-state index contributed by atoms with van der Waals surface area (Å²) in [6.45, 7) is 7.29. The van der Waals surface area contributed by atoms with Gasteiger partial charge in [0.25, 0.3) is 0 Å². The van der Waals surface area contributed by atoms with Gasteiger partial charge in [-0.15, -0.1) is 0 Å². The van der Waals surface area contributed by atoms with Crippen LogP contribution in [0.15, 0.2) is 0 Å². The van der Waals surface area contributed by atoms with Gasteiger partial charge in [0.05, 0.1) is 12.2 Å². The van der Waals surface area contributed by atoms with Crippen LogP contribution in [0.25, 0.3) is 0 Å². The molecular weight excluding hydrogens is 292 g/mol. The Hall–Kier alpha value is -1.54. The Morgan fingerprint density at radius 2 is 1.23 bits per heavy atom. The lowest BCUT2D eigenvalue weighted by Crippen LogP contribution is -2.51. The van der Waals surface area contributed by atoms with E-state index in [4.69, 9.17) is 9.47 Å². The van der Waals surface area contributed by atoms with Crippen molar-refractivity contribution in [1.82, 2.24) is 9.80 Å². The molecule has 4 atom stereocenters. The molecule has 0 aromatic rings. The van der Waals surface area contributed by atoms with Gasteiger partial charge in [0.2, 0.25) is 0 Å². The van der Waals surface area contributed by atoms with Crippen molar-refractivity contribution in [3.8, 4) is 0 Å². The first-order chi connectivity index (χ1) is 10.2. The first-order valence-electron chi connectivity index (χ1n) is 7.49. The molecule has 0 aliphatic carbocycles. The highest BCUT2D eigenvalue weighted by Gasteiger charge is 2.29. The number of amides is 2. The normalized spacial score (nSPS) is 20.8. The SMILES string of the molecule is CC(O)C(C)OC(=O)N1CCCN(C(=O)OC(C)C(C)O)C1. The van der Waals surface area contributed by atoms with Crippen LogP contribution in [-0.2, 0) is 9.47 Å². The maximum Gasteiger partial charge on any atom is 0.411 e. The highest BCUT2D eigenvalue weighted by molar-refractivity contribution is 5.71. The fraction of sp³-hybridized carbons (Fsp3) is 0.857. The monoisotopic (exact) mass is 318 g/mol. The Labute approximate surface area is 130 Å². The number of carbonyl (C=O) groups excluding carboxylic acids is 2. The minimum atomic E-state index is -0.762. The van der Waals surface area contributed by atoms with Gasteiger partial charge in [-0.25, -0.2) is 9.59 Å². The number of aliphatic hydroxyl groups excluding tert-OH is 2. The number of carbonyl (C=O) groups is 2. The van der Waals surface area contributed by atoms with Gasteiger partial charge >= 0.3 is 12.2 Å². The number of rotatable bonds is 4. The number of hydrogen-bond donors (Lipinski definition) is 2. The van der Waals surface area contributed by atoms with Crippen molar-refractivity contribution in [3.63, 3.8) is 0 Å². The van der Waals surface area contributed by atoms with Gasteiger partial charge in [0.1, 0.15) is 18.9 Å². The van der Waals surface area contributed by atoms with E-state index in [2.05, 4.69) is 0 Å². The molecule has 0 radical (unpaired) electrons. The fourth-order valence-electron chi connectivity index (χ4n) is 1.76. The smallest absolute Gasteiger partial charge is 0.411 e. The molecule has 1 aliphatic rings. The van der Waals surface area contributed by atoms with Crippen LogP contribution in [0.2, 0.25) is 0 Å². The van der Waals surface area contributed by atoms with E-state index in [1.54, 1.807) is 13.8 Å². The summed E-state index contributed by atoms with van der Waals surface area (Å²) in [5.74, 6) is 0. The third-order valence-corrected chi connectivity index (χ3v) is 3.65.